The lowest BCUT2D eigenvalue weighted by molar-refractivity contribution is 0.224. The fourth-order valence-electron chi connectivity index (χ4n) is 0.930. The third-order valence-corrected chi connectivity index (χ3v) is 1.53. The van der Waals surface area contributed by atoms with E-state index in [1.165, 1.54) is 0 Å². The molecule has 0 fully saturated rings. The minimum Gasteiger partial charge on any atom is -0.374 e. The van der Waals surface area contributed by atoms with Crippen LogP contribution >= 0.6 is 0 Å². The summed E-state index contributed by atoms with van der Waals surface area (Å²) < 4.78 is 17.7. The van der Waals surface area contributed by atoms with Crippen molar-refractivity contribution in [3.05, 3.63) is 42.3 Å². The molecule has 59 valence electrons. The van der Waals surface area contributed by atoms with Crippen molar-refractivity contribution >= 4 is 0 Å². The van der Waals surface area contributed by atoms with Crippen molar-refractivity contribution in [1.82, 2.24) is 0 Å². The van der Waals surface area contributed by atoms with Crippen molar-refractivity contribution in [3.63, 3.8) is 0 Å². The Balaban J connectivity index is 2.96. The largest absolute Gasteiger partial charge is 0.374 e. The first kappa shape index (κ1) is 8.21. The van der Waals surface area contributed by atoms with Gasteiger partial charge in [-0.1, -0.05) is 18.2 Å². The van der Waals surface area contributed by atoms with Crippen LogP contribution in [0.5, 0.6) is 0 Å². The molecule has 1 nitrogen and oxygen atoms in total. The Bertz CT molecular complexity index is 245. The van der Waals surface area contributed by atoms with Gasteiger partial charge in [-0.25, -0.2) is 4.39 Å². The lowest BCUT2D eigenvalue weighted by atomic mass is 10.1. The average Bonchev–Trinajstić information content (AvgIpc) is 1.99. The highest BCUT2D eigenvalue weighted by Gasteiger charge is 2.02. The standard InChI is InChI=1S/C9H10FO/c1-7-4-3-5-8(6-11-2)9(7)10/h3-5H,2,6H2,1H3. The molecule has 0 amide bonds. The average molecular weight is 153 g/mol. The molecule has 0 saturated heterocycles. The van der Waals surface area contributed by atoms with Crippen LogP contribution in [0.3, 0.4) is 0 Å². The minimum atomic E-state index is -0.198. The Morgan fingerprint density at radius 3 is 2.91 bits per heavy atom. The number of aryl methyl sites for hydroxylation is 1. The van der Waals surface area contributed by atoms with Crippen molar-refractivity contribution in [2.24, 2.45) is 0 Å². The molecule has 0 aliphatic heterocycles. The van der Waals surface area contributed by atoms with E-state index in [0.717, 1.165) is 0 Å². The number of hydrogen-bond donors (Lipinski definition) is 0. The van der Waals surface area contributed by atoms with E-state index in [9.17, 15) is 4.39 Å². The Morgan fingerprint density at radius 2 is 2.27 bits per heavy atom. The molecule has 0 unspecified atom stereocenters. The Hall–Kier alpha value is -0.890. The molecular formula is C9H10FO. The predicted octanol–water partition coefficient (Wildman–Crippen LogP) is 2.44. The van der Waals surface area contributed by atoms with Crippen molar-refractivity contribution in [2.75, 3.05) is 0 Å². The summed E-state index contributed by atoms with van der Waals surface area (Å²) in [5, 5.41) is 0. The van der Waals surface area contributed by atoms with Crippen LogP contribution in [0.25, 0.3) is 0 Å². The molecule has 1 aromatic rings. The molecule has 0 aliphatic rings. The van der Waals surface area contributed by atoms with E-state index >= 15 is 0 Å². The number of hydrogen-bond acceptors (Lipinski definition) is 1. The maximum atomic E-state index is 13.1. The van der Waals surface area contributed by atoms with Crippen LogP contribution in [-0.2, 0) is 11.3 Å². The van der Waals surface area contributed by atoms with Gasteiger partial charge < -0.3 is 4.74 Å². The second-order valence-corrected chi connectivity index (χ2v) is 2.40. The van der Waals surface area contributed by atoms with Gasteiger partial charge in [0.1, 0.15) is 5.82 Å². The summed E-state index contributed by atoms with van der Waals surface area (Å²) in [6, 6.07) is 5.21. The number of halogens is 1. The highest BCUT2D eigenvalue weighted by molar-refractivity contribution is 5.24. The molecule has 1 radical (unpaired) electrons. The number of benzene rings is 1. The molecule has 1 aromatic carbocycles. The normalized spacial score (nSPS) is 10.1. The smallest absolute Gasteiger partial charge is 0.131 e. The molecule has 0 bridgehead atoms. The van der Waals surface area contributed by atoms with E-state index < -0.39 is 0 Å². The lowest BCUT2D eigenvalue weighted by Gasteiger charge is -2.02. The van der Waals surface area contributed by atoms with Crippen LogP contribution < -0.4 is 0 Å². The van der Waals surface area contributed by atoms with E-state index in [4.69, 9.17) is 0 Å². The van der Waals surface area contributed by atoms with Crippen LogP contribution in [-0.4, -0.2) is 0 Å². The zero-order chi connectivity index (χ0) is 8.27. The summed E-state index contributed by atoms with van der Waals surface area (Å²) >= 11 is 0. The summed E-state index contributed by atoms with van der Waals surface area (Å²) in [7, 11) is 3.19. The quantitative estimate of drug-likeness (QED) is 0.634. The second-order valence-electron chi connectivity index (χ2n) is 2.40. The third-order valence-electron chi connectivity index (χ3n) is 1.53. The Labute approximate surface area is 65.8 Å². The summed E-state index contributed by atoms with van der Waals surface area (Å²) in [6.45, 7) is 1.95. The molecule has 0 aromatic heterocycles. The van der Waals surface area contributed by atoms with Crippen molar-refractivity contribution < 1.29 is 9.13 Å². The minimum absolute atomic E-state index is 0.198. The number of ether oxygens (including phenoxy) is 1. The van der Waals surface area contributed by atoms with Crippen LogP contribution in [0, 0.1) is 19.9 Å². The Kier molecular flexibility index (Phi) is 2.60. The van der Waals surface area contributed by atoms with E-state index in [-0.39, 0.29) is 12.4 Å². The predicted molar refractivity (Wildman–Crippen MR) is 41.3 cm³/mol. The Morgan fingerprint density at radius 1 is 1.55 bits per heavy atom. The summed E-state index contributed by atoms with van der Waals surface area (Å²) in [5.74, 6) is -0.198. The van der Waals surface area contributed by atoms with Gasteiger partial charge >= 0.3 is 0 Å². The zero-order valence-corrected chi connectivity index (χ0v) is 6.43. The third kappa shape index (κ3) is 1.77. The molecule has 0 heterocycles. The van der Waals surface area contributed by atoms with Gasteiger partial charge in [-0.3, -0.25) is 0 Å². The van der Waals surface area contributed by atoms with Gasteiger partial charge in [0.25, 0.3) is 0 Å². The molecule has 2 heteroatoms. The van der Waals surface area contributed by atoms with Crippen molar-refractivity contribution in [2.45, 2.75) is 13.5 Å². The molecule has 0 saturated carbocycles. The first-order valence-electron chi connectivity index (χ1n) is 3.36. The molecule has 0 spiro atoms. The van der Waals surface area contributed by atoms with E-state index in [1.807, 2.05) is 0 Å². The highest BCUT2D eigenvalue weighted by Crippen LogP contribution is 2.12. The van der Waals surface area contributed by atoms with Gasteiger partial charge in [0, 0.05) is 5.56 Å². The van der Waals surface area contributed by atoms with Crippen LogP contribution in [0.15, 0.2) is 18.2 Å². The van der Waals surface area contributed by atoms with Crippen LogP contribution in [0.2, 0.25) is 0 Å². The van der Waals surface area contributed by atoms with Crippen molar-refractivity contribution in [1.29, 1.82) is 0 Å². The van der Waals surface area contributed by atoms with Gasteiger partial charge in [0.05, 0.1) is 13.7 Å². The second kappa shape index (κ2) is 3.49. The van der Waals surface area contributed by atoms with Crippen LogP contribution in [0.4, 0.5) is 4.39 Å². The zero-order valence-electron chi connectivity index (χ0n) is 6.43. The van der Waals surface area contributed by atoms with Gasteiger partial charge in [-0.15, -0.1) is 0 Å². The van der Waals surface area contributed by atoms with Crippen molar-refractivity contribution in [3.8, 4) is 0 Å². The maximum absolute atomic E-state index is 13.1. The molecule has 0 N–H and O–H groups in total. The SMILES string of the molecule is [CH2]OCc1cccc(C)c1F. The molecule has 1 rings (SSSR count). The van der Waals surface area contributed by atoms with E-state index in [1.54, 1.807) is 25.1 Å². The van der Waals surface area contributed by atoms with Gasteiger partial charge in [-0.2, -0.15) is 0 Å². The van der Waals surface area contributed by atoms with Crippen LogP contribution in [0.1, 0.15) is 11.1 Å². The fourth-order valence-corrected chi connectivity index (χ4v) is 0.930. The number of rotatable bonds is 2. The van der Waals surface area contributed by atoms with Gasteiger partial charge in [0.15, 0.2) is 0 Å². The lowest BCUT2D eigenvalue weighted by Crippen LogP contribution is -1.93. The summed E-state index contributed by atoms with van der Waals surface area (Å²) in [5.41, 5.74) is 1.19. The topological polar surface area (TPSA) is 9.23 Å². The molecule has 0 aliphatic carbocycles. The first-order chi connectivity index (χ1) is 5.25. The summed E-state index contributed by atoms with van der Waals surface area (Å²) in [6.07, 6.45) is 0. The van der Waals surface area contributed by atoms with E-state index in [0.29, 0.717) is 11.1 Å². The summed E-state index contributed by atoms with van der Waals surface area (Å²) in [4.78, 5) is 0. The van der Waals surface area contributed by atoms with Gasteiger partial charge in [0.2, 0.25) is 0 Å². The maximum Gasteiger partial charge on any atom is 0.131 e. The van der Waals surface area contributed by atoms with Gasteiger partial charge in [-0.05, 0) is 12.5 Å². The molecule has 11 heavy (non-hydrogen) atoms. The first-order valence-corrected chi connectivity index (χ1v) is 3.36. The molecular weight excluding hydrogens is 143 g/mol. The highest BCUT2D eigenvalue weighted by atomic mass is 19.1. The van der Waals surface area contributed by atoms with E-state index in [2.05, 4.69) is 11.8 Å². The molecule has 0 atom stereocenters. The monoisotopic (exact) mass is 153 g/mol. The fraction of sp³-hybridized carbons (Fsp3) is 0.222.